The van der Waals surface area contributed by atoms with Crippen LogP contribution < -0.4 is 10.6 Å². The lowest BCUT2D eigenvalue weighted by Crippen LogP contribution is -2.39. The molecule has 0 spiro atoms. The molecule has 2 unspecified atom stereocenters. The van der Waals surface area contributed by atoms with E-state index in [1.807, 2.05) is 13.0 Å². The third-order valence-electron chi connectivity index (χ3n) is 4.53. The molecule has 3 nitrogen and oxygen atoms in total. The second-order valence-electron chi connectivity index (χ2n) is 6.16. The fourth-order valence-corrected chi connectivity index (χ4v) is 3.58. The van der Waals surface area contributed by atoms with Crippen LogP contribution in [0.2, 0.25) is 0 Å². The van der Waals surface area contributed by atoms with Gasteiger partial charge in [-0.05, 0) is 50.2 Å². The number of nitrogens with one attached hydrogen (secondary N) is 2. The van der Waals surface area contributed by atoms with E-state index in [0.717, 1.165) is 18.4 Å². The smallest absolute Gasteiger partial charge is 0.224 e. The molecule has 0 aromatic heterocycles. The van der Waals surface area contributed by atoms with Crippen LogP contribution in [0.5, 0.6) is 0 Å². The standard InChI is InChI=1S/C16H21FN2O/c1-10-3-2-4-14(17)16(10)19-15(20)9-11-7-12-5-6-13(8-11)18-12/h2-4,11-13,18H,5-9H2,1H3,(H,19,20). The Morgan fingerprint density at radius 1 is 1.35 bits per heavy atom. The minimum Gasteiger partial charge on any atom is -0.323 e. The summed E-state index contributed by atoms with van der Waals surface area (Å²) in [6.07, 6.45) is 5.10. The molecule has 2 heterocycles. The van der Waals surface area contributed by atoms with Gasteiger partial charge in [0, 0.05) is 18.5 Å². The quantitative estimate of drug-likeness (QED) is 0.891. The topological polar surface area (TPSA) is 41.1 Å². The molecule has 2 N–H and O–H groups in total. The Balaban J connectivity index is 1.60. The van der Waals surface area contributed by atoms with Crippen molar-refractivity contribution in [3.63, 3.8) is 0 Å². The summed E-state index contributed by atoms with van der Waals surface area (Å²) in [5.74, 6) is 0.00839. The summed E-state index contributed by atoms with van der Waals surface area (Å²) in [6, 6.07) is 6.02. The van der Waals surface area contributed by atoms with Crippen LogP contribution >= 0.6 is 0 Å². The Hall–Kier alpha value is -1.42. The fourth-order valence-electron chi connectivity index (χ4n) is 3.58. The van der Waals surface area contributed by atoms with E-state index in [1.165, 1.54) is 18.9 Å². The van der Waals surface area contributed by atoms with Crippen LogP contribution in [0.1, 0.15) is 37.7 Å². The number of rotatable bonds is 3. The number of amides is 1. The van der Waals surface area contributed by atoms with Gasteiger partial charge in [0.15, 0.2) is 0 Å². The van der Waals surface area contributed by atoms with E-state index in [9.17, 15) is 9.18 Å². The number of hydrogen-bond donors (Lipinski definition) is 2. The molecular formula is C16H21FN2O. The Morgan fingerprint density at radius 3 is 2.70 bits per heavy atom. The molecule has 3 rings (SSSR count). The minimum absolute atomic E-state index is 0.0653. The van der Waals surface area contributed by atoms with Gasteiger partial charge in [0.2, 0.25) is 5.91 Å². The number of fused-ring (bicyclic) bond motifs is 2. The number of benzene rings is 1. The van der Waals surface area contributed by atoms with Crippen molar-refractivity contribution in [1.29, 1.82) is 0 Å². The summed E-state index contributed by atoms with van der Waals surface area (Å²) in [5.41, 5.74) is 1.10. The van der Waals surface area contributed by atoms with E-state index in [-0.39, 0.29) is 11.7 Å². The summed E-state index contributed by atoms with van der Waals surface area (Å²) >= 11 is 0. The maximum absolute atomic E-state index is 13.7. The first-order chi connectivity index (χ1) is 9.61. The molecule has 1 amide bonds. The molecule has 20 heavy (non-hydrogen) atoms. The molecule has 2 fully saturated rings. The molecule has 4 heteroatoms. The SMILES string of the molecule is Cc1cccc(F)c1NC(=O)CC1CC2CCC(C1)N2. The summed E-state index contributed by atoms with van der Waals surface area (Å²) in [7, 11) is 0. The van der Waals surface area contributed by atoms with E-state index in [2.05, 4.69) is 10.6 Å². The molecule has 2 bridgehead atoms. The van der Waals surface area contributed by atoms with Crippen molar-refractivity contribution in [3.8, 4) is 0 Å². The van der Waals surface area contributed by atoms with Gasteiger partial charge in [0.25, 0.3) is 0 Å². The highest BCUT2D eigenvalue weighted by molar-refractivity contribution is 5.91. The number of para-hydroxylation sites is 1. The Kier molecular flexibility index (Phi) is 3.74. The zero-order chi connectivity index (χ0) is 14.1. The first-order valence-electron chi connectivity index (χ1n) is 7.43. The number of carbonyl (C=O) groups excluding carboxylic acids is 1. The van der Waals surface area contributed by atoms with Gasteiger partial charge in [0.05, 0.1) is 5.69 Å². The molecule has 2 saturated heterocycles. The number of anilines is 1. The molecule has 2 aliphatic rings. The van der Waals surface area contributed by atoms with Gasteiger partial charge >= 0.3 is 0 Å². The minimum atomic E-state index is -0.358. The highest BCUT2D eigenvalue weighted by atomic mass is 19.1. The van der Waals surface area contributed by atoms with Gasteiger partial charge in [-0.2, -0.15) is 0 Å². The molecule has 108 valence electrons. The average molecular weight is 276 g/mol. The van der Waals surface area contributed by atoms with Gasteiger partial charge in [-0.3, -0.25) is 4.79 Å². The number of piperidine rings is 1. The van der Waals surface area contributed by atoms with E-state index in [4.69, 9.17) is 0 Å². The van der Waals surface area contributed by atoms with Crippen molar-refractivity contribution in [2.45, 2.75) is 51.1 Å². The largest absolute Gasteiger partial charge is 0.323 e. The summed E-state index contributed by atoms with van der Waals surface area (Å²) in [5, 5.41) is 6.31. The fraction of sp³-hybridized carbons (Fsp3) is 0.562. The summed E-state index contributed by atoms with van der Waals surface area (Å²) in [4.78, 5) is 12.1. The number of carbonyl (C=O) groups is 1. The van der Waals surface area contributed by atoms with E-state index < -0.39 is 0 Å². The first kappa shape index (κ1) is 13.6. The van der Waals surface area contributed by atoms with Crippen molar-refractivity contribution in [1.82, 2.24) is 5.32 Å². The van der Waals surface area contributed by atoms with Crippen molar-refractivity contribution in [2.24, 2.45) is 5.92 Å². The lowest BCUT2D eigenvalue weighted by atomic mass is 9.89. The summed E-state index contributed by atoms with van der Waals surface area (Å²) in [6.45, 7) is 1.81. The van der Waals surface area contributed by atoms with E-state index in [0.29, 0.717) is 30.1 Å². The lowest BCUT2D eigenvalue weighted by molar-refractivity contribution is -0.117. The van der Waals surface area contributed by atoms with Gasteiger partial charge < -0.3 is 10.6 Å². The van der Waals surface area contributed by atoms with Crippen LogP contribution in [0.25, 0.3) is 0 Å². The summed E-state index contributed by atoms with van der Waals surface area (Å²) < 4.78 is 13.7. The second-order valence-corrected chi connectivity index (χ2v) is 6.16. The highest BCUT2D eigenvalue weighted by Gasteiger charge is 2.34. The maximum atomic E-state index is 13.7. The third-order valence-corrected chi connectivity index (χ3v) is 4.53. The first-order valence-corrected chi connectivity index (χ1v) is 7.43. The van der Waals surface area contributed by atoms with Gasteiger partial charge in [0.1, 0.15) is 5.82 Å². The van der Waals surface area contributed by atoms with E-state index in [1.54, 1.807) is 6.07 Å². The number of halogens is 1. The van der Waals surface area contributed by atoms with Crippen molar-refractivity contribution in [2.75, 3.05) is 5.32 Å². The van der Waals surface area contributed by atoms with E-state index >= 15 is 0 Å². The lowest BCUT2D eigenvalue weighted by Gasteiger charge is -2.28. The van der Waals surface area contributed by atoms with Crippen molar-refractivity contribution >= 4 is 11.6 Å². The van der Waals surface area contributed by atoms with Crippen LogP contribution in [0, 0.1) is 18.7 Å². The van der Waals surface area contributed by atoms with Crippen LogP contribution in [-0.2, 0) is 4.79 Å². The monoisotopic (exact) mass is 276 g/mol. The van der Waals surface area contributed by atoms with Crippen molar-refractivity contribution < 1.29 is 9.18 Å². The molecule has 0 radical (unpaired) electrons. The zero-order valence-corrected chi connectivity index (χ0v) is 11.8. The maximum Gasteiger partial charge on any atom is 0.224 e. The number of aryl methyl sites for hydroxylation is 1. The molecule has 2 aliphatic heterocycles. The molecular weight excluding hydrogens is 255 g/mol. The van der Waals surface area contributed by atoms with Crippen LogP contribution in [-0.4, -0.2) is 18.0 Å². The molecule has 1 aromatic carbocycles. The van der Waals surface area contributed by atoms with Gasteiger partial charge in [-0.15, -0.1) is 0 Å². The molecule has 2 atom stereocenters. The Morgan fingerprint density at radius 2 is 2.05 bits per heavy atom. The van der Waals surface area contributed by atoms with Crippen molar-refractivity contribution in [3.05, 3.63) is 29.6 Å². The predicted molar refractivity (Wildman–Crippen MR) is 77.1 cm³/mol. The van der Waals surface area contributed by atoms with Crippen LogP contribution in [0.15, 0.2) is 18.2 Å². The highest BCUT2D eigenvalue weighted by Crippen LogP contribution is 2.33. The van der Waals surface area contributed by atoms with Crippen LogP contribution in [0.4, 0.5) is 10.1 Å². The predicted octanol–water partition coefficient (Wildman–Crippen LogP) is 2.99. The normalized spacial score (nSPS) is 28.4. The molecule has 0 saturated carbocycles. The zero-order valence-electron chi connectivity index (χ0n) is 11.8. The van der Waals surface area contributed by atoms with Gasteiger partial charge in [-0.25, -0.2) is 4.39 Å². The number of hydrogen-bond acceptors (Lipinski definition) is 2. The third kappa shape index (κ3) is 2.85. The van der Waals surface area contributed by atoms with Gasteiger partial charge in [-0.1, -0.05) is 12.1 Å². The Bertz CT molecular complexity index is 485. The molecule has 1 aromatic rings. The molecule has 0 aliphatic carbocycles. The van der Waals surface area contributed by atoms with Crippen LogP contribution in [0.3, 0.4) is 0 Å². The average Bonchev–Trinajstić information content (AvgIpc) is 2.73. The second kappa shape index (κ2) is 5.52. The Labute approximate surface area is 118 Å².